The number of ether oxygens (including phenoxy) is 1. The summed E-state index contributed by atoms with van der Waals surface area (Å²) < 4.78 is 15.0. The van der Waals surface area contributed by atoms with Crippen LogP contribution in [-0.4, -0.2) is 66.9 Å². The van der Waals surface area contributed by atoms with Gasteiger partial charge in [-0.2, -0.15) is 0 Å². The van der Waals surface area contributed by atoms with Gasteiger partial charge in [0, 0.05) is 26.1 Å². The number of nitrogens with zero attached hydrogens (tertiary/aromatic N) is 2. The highest BCUT2D eigenvalue weighted by atomic mass is 16.6. The normalized spacial score (nSPS) is 19.9. The Morgan fingerprint density at radius 1 is 1.19 bits per heavy atom. The van der Waals surface area contributed by atoms with Crippen LogP contribution in [0.4, 0.5) is 0 Å². The second-order valence-electron chi connectivity index (χ2n) is 9.59. The topological polar surface area (TPSA) is 122 Å². The van der Waals surface area contributed by atoms with Crippen molar-refractivity contribution in [3.8, 4) is 12.3 Å². The van der Waals surface area contributed by atoms with E-state index in [1.165, 1.54) is 0 Å². The summed E-state index contributed by atoms with van der Waals surface area (Å²) in [5.74, 6) is 1.52. The van der Waals surface area contributed by atoms with E-state index in [1.54, 1.807) is 18.7 Å². The summed E-state index contributed by atoms with van der Waals surface area (Å²) in [6.45, 7) is 7.05. The third-order valence-electron chi connectivity index (χ3n) is 7.07. The molecule has 2 aliphatic heterocycles. The smallest absolute Gasteiger partial charge is 0.465 e. The molecule has 0 spiro atoms. The highest BCUT2D eigenvalue weighted by molar-refractivity contribution is 5.82. The van der Waals surface area contributed by atoms with Crippen molar-refractivity contribution in [2.45, 2.75) is 58.9 Å². The lowest BCUT2D eigenvalue weighted by Crippen LogP contribution is -2.46. The largest absolute Gasteiger partial charge is 0.519 e. The lowest BCUT2D eigenvalue weighted by molar-refractivity contribution is -0.145. The van der Waals surface area contributed by atoms with E-state index in [2.05, 4.69) is 16.1 Å². The number of rotatable bonds is 10. The Bertz CT molecular complexity index is 1000. The quantitative estimate of drug-likeness (QED) is 0.378. The van der Waals surface area contributed by atoms with E-state index in [0.717, 1.165) is 38.8 Å². The van der Waals surface area contributed by atoms with Crippen LogP contribution in [0.3, 0.4) is 0 Å². The zero-order valence-electron chi connectivity index (χ0n) is 21.3. The third-order valence-corrected chi connectivity index (χ3v) is 7.07. The van der Waals surface area contributed by atoms with Crippen molar-refractivity contribution in [3.05, 3.63) is 22.1 Å². The Morgan fingerprint density at radius 3 is 2.58 bits per heavy atom. The van der Waals surface area contributed by atoms with Crippen molar-refractivity contribution in [3.63, 3.8) is 0 Å². The Hall–Kier alpha value is -3.06. The van der Waals surface area contributed by atoms with Crippen molar-refractivity contribution in [1.82, 2.24) is 15.1 Å². The molecule has 0 radical (unpaired) electrons. The first-order valence-corrected chi connectivity index (χ1v) is 12.8. The summed E-state index contributed by atoms with van der Waals surface area (Å²) in [6.07, 6.45) is 10.1. The number of carbonyl (C=O) groups excluding carboxylic acids is 3. The molecule has 10 nitrogen and oxygen atoms in total. The van der Waals surface area contributed by atoms with Gasteiger partial charge in [0.2, 0.25) is 11.8 Å². The summed E-state index contributed by atoms with van der Waals surface area (Å²) in [4.78, 5) is 52.6. The van der Waals surface area contributed by atoms with Crippen molar-refractivity contribution in [1.29, 1.82) is 0 Å². The van der Waals surface area contributed by atoms with Crippen LogP contribution in [0.1, 0.15) is 57.0 Å². The molecule has 2 aliphatic rings. The molecule has 0 bridgehead atoms. The summed E-state index contributed by atoms with van der Waals surface area (Å²) in [7, 11) is 0. The monoisotopic (exact) mass is 503 g/mol. The number of aryl methyl sites for hydroxylation is 1. The Balaban J connectivity index is 1.38. The maximum absolute atomic E-state index is 12.9. The number of terminal acetylenes is 1. The van der Waals surface area contributed by atoms with Gasteiger partial charge in [0.15, 0.2) is 5.76 Å². The second kappa shape index (κ2) is 13.3. The number of likely N-dealkylation sites (tertiary alicyclic amines) is 2. The molecule has 0 aromatic carbocycles. The Kier molecular flexibility index (Phi) is 10.2. The minimum Gasteiger partial charge on any atom is -0.465 e. The van der Waals surface area contributed by atoms with Gasteiger partial charge >= 0.3 is 11.8 Å². The number of hydrogen-bond donors (Lipinski definition) is 1. The molecule has 0 aliphatic carbocycles. The van der Waals surface area contributed by atoms with Crippen LogP contribution in [0.5, 0.6) is 0 Å². The molecule has 1 N–H and O–H groups in total. The minimum absolute atomic E-state index is 0.0314. The molecule has 36 heavy (non-hydrogen) atoms. The molecule has 1 aromatic rings. The van der Waals surface area contributed by atoms with Gasteiger partial charge in [-0.05, 0) is 65.0 Å². The van der Waals surface area contributed by atoms with E-state index in [9.17, 15) is 19.2 Å². The van der Waals surface area contributed by atoms with Gasteiger partial charge in [-0.1, -0.05) is 5.92 Å². The summed E-state index contributed by atoms with van der Waals surface area (Å²) in [5.41, 5.74) is 0. The fourth-order valence-electron chi connectivity index (χ4n) is 4.86. The van der Waals surface area contributed by atoms with Gasteiger partial charge in [0.25, 0.3) is 0 Å². The van der Waals surface area contributed by atoms with Crippen molar-refractivity contribution in [2.24, 2.45) is 17.8 Å². The van der Waals surface area contributed by atoms with Crippen LogP contribution in [0.2, 0.25) is 0 Å². The van der Waals surface area contributed by atoms with E-state index >= 15 is 0 Å². The van der Waals surface area contributed by atoms with E-state index in [-0.39, 0.29) is 30.9 Å². The Morgan fingerprint density at radius 2 is 1.94 bits per heavy atom. The number of esters is 1. The van der Waals surface area contributed by atoms with Crippen LogP contribution in [0.25, 0.3) is 0 Å². The van der Waals surface area contributed by atoms with Gasteiger partial charge in [0.1, 0.15) is 11.7 Å². The molecule has 198 valence electrons. The summed E-state index contributed by atoms with van der Waals surface area (Å²) in [5, 5.41) is 2.76. The molecule has 1 aromatic heterocycles. The van der Waals surface area contributed by atoms with Gasteiger partial charge in [0.05, 0.1) is 19.1 Å². The van der Waals surface area contributed by atoms with Crippen molar-refractivity contribution >= 4 is 17.8 Å². The van der Waals surface area contributed by atoms with Crippen LogP contribution in [0, 0.1) is 37.0 Å². The molecule has 3 heterocycles. The fraction of sp³-hybridized carbons (Fsp3) is 0.692. The van der Waals surface area contributed by atoms with Gasteiger partial charge < -0.3 is 23.8 Å². The van der Waals surface area contributed by atoms with Crippen LogP contribution in [0.15, 0.2) is 13.6 Å². The van der Waals surface area contributed by atoms with Crippen molar-refractivity contribution < 1.29 is 28.0 Å². The summed E-state index contributed by atoms with van der Waals surface area (Å²) in [6, 6.07) is 0. The minimum atomic E-state index is -0.816. The van der Waals surface area contributed by atoms with Crippen molar-refractivity contribution in [2.75, 3.05) is 39.3 Å². The van der Waals surface area contributed by atoms with E-state index in [4.69, 9.17) is 20.0 Å². The number of carbonyl (C=O) groups is 3. The van der Waals surface area contributed by atoms with Gasteiger partial charge in [-0.25, -0.2) is 4.79 Å². The van der Waals surface area contributed by atoms with Crippen LogP contribution in [-0.2, 0) is 25.7 Å². The highest BCUT2D eigenvalue weighted by Crippen LogP contribution is 2.25. The van der Waals surface area contributed by atoms with E-state index in [1.807, 2.05) is 0 Å². The molecule has 2 saturated heterocycles. The van der Waals surface area contributed by atoms with Crippen LogP contribution < -0.4 is 11.1 Å². The average Bonchev–Trinajstić information content (AvgIpc) is 3.19. The predicted molar refractivity (Wildman–Crippen MR) is 130 cm³/mol. The van der Waals surface area contributed by atoms with Gasteiger partial charge in [-0.15, -0.1) is 6.42 Å². The zero-order chi connectivity index (χ0) is 26.1. The fourth-order valence-corrected chi connectivity index (χ4v) is 4.86. The molecule has 2 amide bonds. The summed E-state index contributed by atoms with van der Waals surface area (Å²) >= 11 is 0. The molecule has 3 rings (SSSR count). The standard InChI is InChI=1S/C26H37N3O7/c1-4-20(25(32)34-5-2)15-27-24(31)21-7-6-12-29(16-21)23(30)9-8-19-10-13-28(14-11-19)17-22-18(3)35-26(33)36-22/h1,19-21H,5-17H2,2-3H3,(H,27,31)/t20-,21+/m0/s1. The van der Waals surface area contributed by atoms with Gasteiger partial charge in [-0.3, -0.25) is 19.3 Å². The Labute approximate surface area is 211 Å². The molecular weight excluding hydrogens is 466 g/mol. The lowest BCUT2D eigenvalue weighted by atomic mass is 9.91. The second-order valence-corrected chi connectivity index (χ2v) is 9.59. The molecule has 2 fully saturated rings. The first-order chi connectivity index (χ1) is 17.3. The SMILES string of the molecule is C#C[C@@H](CNC(=O)[C@@H]1CCCN(C(=O)CCC2CCN(Cc3oc(=O)oc3C)CC2)C1)C(=O)OCC. The first kappa shape index (κ1) is 27.5. The molecule has 2 atom stereocenters. The average molecular weight is 504 g/mol. The number of hydrogen-bond acceptors (Lipinski definition) is 8. The number of piperidine rings is 2. The van der Waals surface area contributed by atoms with Crippen LogP contribution >= 0.6 is 0 Å². The third kappa shape index (κ3) is 7.72. The maximum atomic E-state index is 12.9. The van der Waals surface area contributed by atoms with E-state index in [0.29, 0.717) is 49.9 Å². The van der Waals surface area contributed by atoms with E-state index < -0.39 is 17.7 Å². The predicted octanol–water partition coefficient (Wildman–Crippen LogP) is 1.70. The first-order valence-electron chi connectivity index (χ1n) is 12.8. The maximum Gasteiger partial charge on any atom is 0.519 e. The molecule has 0 unspecified atom stereocenters. The molecule has 0 saturated carbocycles. The molecular formula is C26H37N3O7. The highest BCUT2D eigenvalue weighted by Gasteiger charge is 2.30. The molecule has 10 heteroatoms. The number of amides is 2. The number of nitrogens with one attached hydrogen (secondary N) is 1. The zero-order valence-corrected chi connectivity index (χ0v) is 21.3. The lowest BCUT2D eigenvalue weighted by Gasteiger charge is -2.34.